The van der Waals surface area contributed by atoms with E-state index in [-0.39, 0.29) is 11.9 Å². The van der Waals surface area contributed by atoms with E-state index in [4.69, 9.17) is 5.73 Å². The van der Waals surface area contributed by atoms with Crippen LogP contribution in [-0.2, 0) is 4.79 Å². The number of nitrogens with two attached hydrogens (primary N) is 1. The van der Waals surface area contributed by atoms with Gasteiger partial charge in [-0.3, -0.25) is 4.79 Å². The molecule has 1 fully saturated rings. The SMILES string of the molecule is CCC[C@H](N)C(=O)N1CCC(C(C)C)C1. The summed E-state index contributed by atoms with van der Waals surface area (Å²) in [5.74, 6) is 1.49. The first-order valence-electron chi connectivity index (χ1n) is 6.10. The standard InChI is InChI=1S/C12H24N2O/c1-4-5-11(13)12(15)14-7-6-10(8-14)9(2)3/h9-11H,4-8,13H2,1-3H3/t10?,11-/m0/s1. The zero-order chi connectivity index (χ0) is 11.4. The number of hydrogen-bond acceptors (Lipinski definition) is 2. The second kappa shape index (κ2) is 5.50. The van der Waals surface area contributed by atoms with Crippen LogP contribution in [0.1, 0.15) is 40.0 Å². The third-order valence-electron chi connectivity index (χ3n) is 3.40. The highest BCUT2D eigenvalue weighted by Crippen LogP contribution is 2.24. The van der Waals surface area contributed by atoms with E-state index in [2.05, 4.69) is 20.8 Å². The van der Waals surface area contributed by atoms with E-state index in [1.165, 1.54) is 0 Å². The number of amides is 1. The molecule has 1 rings (SSSR count). The van der Waals surface area contributed by atoms with Crippen LogP contribution < -0.4 is 5.73 Å². The molecular formula is C12H24N2O. The van der Waals surface area contributed by atoms with Gasteiger partial charge in [0.15, 0.2) is 0 Å². The molecule has 0 spiro atoms. The molecule has 15 heavy (non-hydrogen) atoms. The van der Waals surface area contributed by atoms with Crippen LogP contribution in [0.25, 0.3) is 0 Å². The smallest absolute Gasteiger partial charge is 0.239 e. The molecule has 1 aliphatic rings. The second-order valence-electron chi connectivity index (χ2n) is 4.97. The first kappa shape index (κ1) is 12.5. The molecule has 0 aliphatic carbocycles. The van der Waals surface area contributed by atoms with Gasteiger partial charge in [0.25, 0.3) is 0 Å². The van der Waals surface area contributed by atoms with Gasteiger partial charge in [0.2, 0.25) is 5.91 Å². The number of likely N-dealkylation sites (tertiary alicyclic amines) is 1. The Morgan fingerprint density at radius 1 is 1.53 bits per heavy atom. The van der Waals surface area contributed by atoms with Crippen molar-refractivity contribution in [2.75, 3.05) is 13.1 Å². The van der Waals surface area contributed by atoms with Crippen molar-refractivity contribution < 1.29 is 4.79 Å². The molecule has 0 aromatic heterocycles. The lowest BCUT2D eigenvalue weighted by Gasteiger charge is -2.21. The molecule has 0 bridgehead atoms. The topological polar surface area (TPSA) is 46.3 Å². The normalized spacial score (nSPS) is 23.5. The average molecular weight is 212 g/mol. The molecular weight excluding hydrogens is 188 g/mol. The van der Waals surface area contributed by atoms with E-state index < -0.39 is 0 Å². The van der Waals surface area contributed by atoms with Crippen molar-refractivity contribution in [2.45, 2.75) is 46.1 Å². The van der Waals surface area contributed by atoms with Crippen molar-refractivity contribution in [2.24, 2.45) is 17.6 Å². The van der Waals surface area contributed by atoms with Crippen molar-refractivity contribution >= 4 is 5.91 Å². The van der Waals surface area contributed by atoms with Gasteiger partial charge >= 0.3 is 0 Å². The van der Waals surface area contributed by atoms with Gasteiger partial charge in [-0.05, 0) is 24.7 Å². The average Bonchev–Trinajstić information content (AvgIpc) is 2.65. The van der Waals surface area contributed by atoms with Crippen molar-refractivity contribution in [1.82, 2.24) is 4.90 Å². The van der Waals surface area contributed by atoms with Crippen molar-refractivity contribution in [3.05, 3.63) is 0 Å². The molecule has 0 radical (unpaired) electrons. The summed E-state index contributed by atoms with van der Waals surface area (Å²) in [5, 5.41) is 0. The van der Waals surface area contributed by atoms with Crippen LogP contribution in [-0.4, -0.2) is 29.9 Å². The van der Waals surface area contributed by atoms with Gasteiger partial charge in [-0.2, -0.15) is 0 Å². The number of carbonyl (C=O) groups excluding carboxylic acids is 1. The van der Waals surface area contributed by atoms with E-state index >= 15 is 0 Å². The molecule has 1 unspecified atom stereocenters. The van der Waals surface area contributed by atoms with Crippen LogP contribution >= 0.6 is 0 Å². The second-order valence-corrected chi connectivity index (χ2v) is 4.97. The van der Waals surface area contributed by atoms with E-state index in [0.29, 0.717) is 11.8 Å². The Balaban J connectivity index is 2.42. The third-order valence-corrected chi connectivity index (χ3v) is 3.40. The van der Waals surface area contributed by atoms with Crippen LogP contribution in [0, 0.1) is 11.8 Å². The minimum atomic E-state index is -0.277. The van der Waals surface area contributed by atoms with Crippen LogP contribution in [0.15, 0.2) is 0 Å². The van der Waals surface area contributed by atoms with E-state index in [1.807, 2.05) is 4.90 Å². The Morgan fingerprint density at radius 3 is 2.67 bits per heavy atom. The zero-order valence-corrected chi connectivity index (χ0v) is 10.2. The van der Waals surface area contributed by atoms with Gasteiger partial charge in [0.05, 0.1) is 6.04 Å². The van der Waals surface area contributed by atoms with Crippen LogP contribution in [0.3, 0.4) is 0 Å². The number of nitrogens with zero attached hydrogens (tertiary/aromatic N) is 1. The maximum absolute atomic E-state index is 11.9. The molecule has 3 heteroatoms. The number of carbonyl (C=O) groups is 1. The zero-order valence-electron chi connectivity index (χ0n) is 10.2. The number of rotatable bonds is 4. The molecule has 1 amide bonds. The predicted molar refractivity (Wildman–Crippen MR) is 62.4 cm³/mol. The molecule has 0 aromatic carbocycles. The maximum atomic E-state index is 11.9. The third kappa shape index (κ3) is 3.20. The van der Waals surface area contributed by atoms with Gasteiger partial charge in [-0.15, -0.1) is 0 Å². The fourth-order valence-corrected chi connectivity index (χ4v) is 2.20. The molecule has 0 saturated carbocycles. The molecule has 1 heterocycles. The van der Waals surface area contributed by atoms with Crippen LogP contribution in [0.5, 0.6) is 0 Å². The van der Waals surface area contributed by atoms with Crippen molar-refractivity contribution in [3.8, 4) is 0 Å². The summed E-state index contributed by atoms with van der Waals surface area (Å²) >= 11 is 0. The summed E-state index contributed by atoms with van der Waals surface area (Å²) in [5.41, 5.74) is 5.84. The highest BCUT2D eigenvalue weighted by Gasteiger charge is 2.30. The Hall–Kier alpha value is -0.570. The highest BCUT2D eigenvalue weighted by atomic mass is 16.2. The molecule has 2 N–H and O–H groups in total. The quantitative estimate of drug-likeness (QED) is 0.769. The van der Waals surface area contributed by atoms with E-state index in [9.17, 15) is 4.79 Å². The van der Waals surface area contributed by atoms with Gasteiger partial charge in [-0.25, -0.2) is 0 Å². The van der Waals surface area contributed by atoms with E-state index in [0.717, 1.165) is 32.4 Å². The monoisotopic (exact) mass is 212 g/mol. The minimum Gasteiger partial charge on any atom is -0.341 e. The minimum absolute atomic E-state index is 0.153. The van der Waals surface area contributed by atoms with Gasteiger partial charge in [0, 0.05) is 13.1 Å². The van der Waals surface area contributed by atoms with Crippen LogP contribution in [0.4, 0.5) is 0 Å². The largest absolute Gasteiger partial charge is 0.341 e. The Bertz CT molecular complexity index is 216. The summed E-state index contributed by atoms with van der Waals surface area (Å²) in [4.78, 5) is 13.9. The predicted octanol–water partition coefficient (Wildman–Crippen LogP) is 1.62. The molecule has 88 valence electrons. The first-order chi connectivity index (χ1) is 7.06. The van der Waals surface area contributed by atoms with Crippen molar-refractivity contribution in [1.29, 1.82) is 0 Å². The first-order valence-corrected chi connectivity index (χ1v) is 6.10. The lowest BCUT2D eigenvalue weighted by molar-refractivity contribution is -0.131. The molecule has 2 atom stereocenters. The van der Waals surface area contributed by atoms with Crippen molar-refractivity contribution in [3.63, 3.8) is 0 Å². The number of hydrogen-bond donors (Lipinski definition) is 1. The summed E-state index contributed by atoms with van der Waals surface area (Å²) in [6.07, 6.45) is 2.93. The summed E-state index contributed by atoms with van der Waals surface area (Å²) in [6, 6.07) is -0.277. The molecule has 1 aliphatic heterocycles. The summed E-state index contributed by atoms with van der Waals surface area (Å²) < 4.78 is 0. The Labute approximate surface area is 93.0 Å². The fourth-order valence-electron chi connectivity index (χ4n) is 2.20. The summed E-state index contributed by atoms with van der Waals surface area (Å²) in [7, 11) is 0. The highest BCUT2D eigenvalue weighted by molar-refractivity contribution is 5.81. The molecule has 3 nitrogen and oxygen atoms in total. The van der Waals surface area contributed by atoms with Gasteiger partial charge in [-0.1, -0.05) is 27.2 Å². The van der Waals surface area contributed by atoms with Crippen LogP contribution in [0.2, 0.25) is 0 Å². The van der Waals surface area contributed by atoms with Gasteiger partial charge < -0.3 is 10.6 Å². The lowest BCUT2D eigenvalue weighted by Crippen LogP contribution is -2.42. The Kier molecular flexibility index (Phi) is 4.58. The van der Waals surface area contributed by atoms with Gasteiger partial charge in [0.1, 0.15) is 0 Å². The summed E-state index contributed by atoms with van der Waals surface area (Å²) in [6.45, 7) is 8.33. The fraction of sp³-hybridized carbons (Fsp3) is 0.917. The maximum Gasteiger partial charge on any atom is 0.239 e. The van der Waals surface area contributed by atoms with E-state index in [1.54, 1.807) is 0 Å². The molecule has 0 aromatic rings. The Morgan fingerprint density at radius 2 is 2.20 bits per heavy atom. The molecule has 1 saturated heterocycles. The lowest BCUT2D eigenvalue weighted by atomic mass is 9.95.